The van der Waals surface area contributed by atoms with Crippen molar-refractivity contribution in [1.82, 2.24) is 0 Å². The molecule has 19 heavy (non-hydrogen) atoms. The van der Waals surface area contributed by atoms with Gasteiger partial charge in [-0.25, -0.2) is 0 Å². The third-order valence-corrected chi connectivity index (χ3v) is 2.45. The van der Waals surface area contributed by atoms with E-state index in [9.17, 15) is 9.59 Å². The molecule has 0 saturated carbocycles. The van der Waals surface area contributed by atoms with Gasteiger partial charge in [0.25, 0.3) is 0 Å². The Balaban J connectivity index is 2.49. The number of hydrogen-bond donors (Lipinski definition) is 2. The first kappa shape index (κ1) is 14.7. The number of para-hydroxylation sites is 1. The summed E-state index contributed by atoms with van der Waals surface area (Å²) in [6.07, 6.45) is 3.95. The smallest absolute Gasteiger partial charge is 0.303 e. The number of hydrogen-bond acceptors (Lipinski definition) is 2. The first-order chi connectivity index (χ1) is 9.11. The second-order valence-corrected chi connectivity index (χ2v) is 4.01. The second-order valence-electron chi connectivity index (χ2n) is 4.01. The lowest BCUT2D eigenvalue weighted by Gasteiger charge is -2.05. The van der Waals surface area contributed by atoms with Crippen LogP contribution in [0, 0.1) is 0 Å². The highest BCUT2D eigenvalue weighted by Crippen LogP contribution is 2.10. The summed E-state index contributed by atoms with van der Waals surface area (Å²) in [4.78, 5) is 22.2. The minimum absolute atomic E-state index is 0.0532. The standard InChI is InChI=1S/C15H17NO3/c1-2-12(7-6-10-15(18)19)11-14(17)16-13-8-4-3-5-9-13/h2-5,7-9H,1,6,10-11H2,(H,16,17)(H,18,19)/b12-7-. The lowest BCUT2D eigenvalue weighted by atomic mass is 10.1. The Labute approximate surface area is 112 Å². The number of carboxylic acids is 1. The summed E-state index contributed by atoms with van der Waals surface area (Å²) in [7, 11) is 0. The highest BCUT2D eigenvalue weighted by molar-refractivity contribution is 5.92. The molecule has 1 amide bonds. The molecule has 0 aliphatic carbocycles. The Morgan fingerprint density at radius 1 is 1.26 bits per heavy atom. The van der Waals surface area contributed by atoms with Gasteiger partial charge in [-0.05, 0) is 24.1 Å². The number of carbonyl (C=O) groups is 2. The molecule has 1 rings (SSSR count). The molecular formula is C15H17NO3. The Hall–Kier alpha value is -2.36. The van der Waals surface area contributed by atoms with E-state index in [0.717, 1.165) is 11.3 Å². The van der Waals surface area contributed by atoms with Crippen molar-refractivity contribution in [2.45, 2.75) is 19.3 Å². The summed E-state index contributed by atoms with van der Waals surface area (Å²) >= 11 is 0. The highest BCUT2D eigenvalue weighted by Gasteiger charge is 2.04. The number of nitrogens with one attached hydrogen (secondary N) is 1. The molecule has 0 heterocycles. The molecule has 100 valence electrons. The molecule has 0 saturated heterocycles. The summed E-state index contributed by atoms with van der Waals surface area (Å²) in [5.74, 6) is -0.999. The summed E-state index contributed by atoms with van der Waals surface area (Å²) in [6.45, 7) is 3.62. The molecule has 0 aliphatic rings. The lowest BCUT2D eigenvalue weighted by molar-refractivity contribution is -0.136. The third-order valence-electron chi connectivity index (χ3n) is 2.45. The van der Waals surface area contributed by atoms with E-state index in [1.165, 1.54) is 0 Å². The van der Waals surface area contributed by atoms with Gasteiger partial charge in [0, 0.05) is 12.1 Å². The molecule has 0 spiro atoms. The Kier molecular flexibility index (Phi) is 6.09. The lowest BCUT2D eigenvalue weighted by Crippen LogP contribution is -2.11. The van der Waals surface area contributed by atoms with E-state index in [-0.39, 0.29) is 18.7 Å². The molecule has 0 aromatic heterocycles. The van der Waals surface area contributed by atoms with Crippen LogP contribution in [-0.2, 0) is 9.59 Å². The maximum atomic E-state index is 11.8. The molecule has 1 aromatic rings. The van der Waals surface area contributed by atoms with Crippen LogP contribution >= 0.6 is 0 Å². The van der Waals surface area contributed by atoms with Gasteiger partial charge in [-0.2, -0.15) is 0 Å². The predicted octanol–water partition coefficient (Wildman–Crippen LogP) is 2.99. The van der Waals surface area contributed by atoms with E-state index in [0.29, 0.717) is 6.42 Å². The highest BCUT2D eigenvalue weighted by atomic mass is 16.4. The molecule has 0 aliphatic heterocycles. The molecule has 0 fully saturated rings. The molecule has 1 aromatic carbocycles. The SMILES string of the molecule is C=C/C(=C/CCC(=O)O)CC(=O)Nc1ccccc1. The Morgan fingerprint density at radius 3 is 2.53 bits per heavy atom. The minimum atomic E-state index is -0.853. The maximum absolute atomic E-state index is 11.8. The molecule has 0 atom stereocenters. The zero-order valence-electron chi connectivity index (χ0n) is 10.6. The second kappa shape index (κ2) is 7.87. The van der Waals surface area contributed by atoms with Gasteiger partial charge in [-0.3, -0.25) is 9.59 Å². The fraction of sp³-hybridized carbons (Fsp3) is 0.200. The first-order valence-electron chi connectivity index (χ1n) is 6.00. The van der Waals surface area contributed by atoms with Crippen LogP contribution in [0.2, 0.25) is 0 Å². The fourth-order valence-corrected chi connectivity index (χ4v) is 1.52. The molecule has 0 bridgehead atoms. The van der Waals surface area contributed by atoms with Gasteiger partial charge >= 0.3 is 5.97 Å². The van der Waals surface area contributed by atoms with Crippen molar-refractivity contribution in [3.63, 3.8) is 0 Å². The number of benzene rings is 1. The number of carboxylic acid groups (broad SMARTS) is 1. The van der Waals surface area contributed by atoms with Crippen molar-refractivity contribution >= 4 is 17.6 Å². The fourth-order valence-electron chi connectivity index (χ4n) is 1.52. The Bertz CT molecular complexity index is 477. The van der Waals surface area contributed by atoms with Crippen molar-refractivity contribution in [2.75, 3.05) is 5.32 Å². The van der Waals surface area contributed by atoms with Crippen molar-refractivity contribution in [3.05, 3.63) is 54.6 Å². The Morgan fingerprint density at radius 2 is 1.95 bits per heavy atom. The molecule has 2 N–H and O–H groups in total. The quantitative estimate of drug-likeness (QED) is 0.740. The topological polar surface area (TPSA) is 66.4 Å². The van der Waals surface area contributed by atoms with Gasteiger partial charge in [-0.15, -0.1) is 0 Å². The minimum Gasteiger partial charge on any atom is -0.481 e. The summed E-state index contributed by atoms with van der Waals surface area (Å²) < 4.78 is 0. The number of rotatable bonds is 7. The van der Waals surface area contributed by atoms with Crippen LogP contribution < -0.4 is 5.32 Å². The average molecular weight is 259 g/mol. The van der Waals surface area contributed by atoms with Gasteiger partial charge < -0.3 is 10.4 Å². The van der Waals surface area contributed by atoms with Crippen molar-refractivity contribution in [2.24, 2.45) is 0 Å². The number of allylic oxidation sites excluding steroid dienone is 2. The summed E-state index contributed by atoms with van der Waals surface area (Å²) in [5.41, 5.74) is 1.47. The van der Waals surface area contributed by atoms with E-state index >= 15 is 0 Å². The predicted molar refractivity (Wildman–Crippen MR) is 74.8 cm³/mol. The van der Waals surface area contributed by atoms with Crippen LogP contribution in [0.4, 0.5) is 5.69 Å². The molecule has 4 nitrogen and oxygen atoms in total. The number of carbonyl (C=O) groups excluding carboxylic acids is 1. The van der Waals surface area contributed by atoms with E-state index in [1.807, 2.05) is 18.2 Å². The van der Waals surface area contributed by atoms with E-state index in [4.69, 9.17) is 5.11 Å². The van der Waals surface area contributed by atoms with Crippen LogP contribution in [-0.4, -0.2) is 17.0 Å². The van der Waals surface area contributed by atoms with Crippen LogP contribution in [0.25, 0.3) is 0 Å². The third kappa shape index (κ3) is 6.21. The van der Waals surface area contributed by atoms with Crippen molar-refractivity contribution < 1.29 is 14.7 Å². The number of amides is 1. The van der Waals surface area contributed by atoms with Gasteiger partial charge in [0.1, 0.15) is 0 Å². The molecular weight excluding hydrogens is 242 g/mol. The average Bonchev–Trinajstić information content (AvgIpc) is 2.38. The first-order valence-corrected chi connectivity index (χ1v) is 6.00. The molecule has 4 heteroatoms. The monoisotopic (exact) mass is 259 g/mol. The molecule has 0 unspecified atom stereocenters. The van der Waals surface area contributed by atoms with Crippen molar-refractivity contribution in [3.8, 4) is 0 Å². The molecule has 0 radical (unpaired) electrons. The summed E-state index contributed by atoms with van der Waals surface area (Å²) in [5, 5.41) is 11.3. The number of aliphatic carboxylic acids is 1. The van der Waals surface area contributed by atoms with Gasteiger partial charge in [-0.1, -0.05) is 36.9 Å². The van der Waals surface area contributed by atoms with Gasteiger partial charge in [0.05, 0.1) is 6.42 Å². The van der Waals surface area contributed by atoms with Crippen LogP contribution in [0.15, 0.2) is 54.6 Å². The van der Waals surface area contributed by atoms with Gasteiger partial charge in [0.15, 0.2) is 0 Å². The van der Waals surface area contributed by atoms with E-state index in [1.54, 1.807) is 24.3 Å². The zero-order valence-corrected chi connectivity index (χ0v) is 10.6. The van der Waals surface area contributed by atoms with E-state index in [2.05, 4.69) is 11.9 Å². The summed E-state index contributed by atoms with van der Waals surface area (Å²) in [6, 6.07) is 9.16. The number of anilines is 1. The maximum Gasteiger partial charge on any atom is 0.303 e. The van der Waals surface area contributed by atoms with E-state index < -0.39 is 5.97 Å². The largest absolute Gasteiger partial charge is 0.481 e. The normalized spacial score (nSPS) is 10.8. The van der Waals surface area contributed by atoms with Crippen LogP contribution in [0.3, 0.4) is 0 Å². The van der Waals surface area contributed by atoms with Crippen molar-refractivity contribution in [1.29, 1.82) is 0 Å². The van der Waals surface area contributed by atoms with Crippen LogP contribution in [0.5, 0.6) is 0 Å². The van der Waals surface area contributed by atoms with Crippen LogP contribution in [0.1, 0.15) is 19.3 Å². The zero-order chi connectivity index (χ0) is 14.1. The van der Waals surface area contributed by atoms with Gasteiger partial charge in [0.2, 0.25) is 5.91 Å².